The molecule has 1 aromatic carbocycles. The van der Waals surface area contributed by atoms with E-state index in [1.54, 1.807) is 12.4 Å². The molecule has 0 saturated heterocycles. The molecule has 0 unspecified atom stereocenters. The molecule has 1 fully saturated rings. The summed E-state index contributed by atoms with van der Waals surface area (Å²) in [7, 11) is 3.38. The van der Waals surface area contributed by atoms with E-state index < -0.39 is 17.3 Å². The summed E-state index contributed by atoms with van der Waals surface area (Å²) < 4.78 is 43.8. The molecule has 32 heavy (non-hydrogen) atoms. The normalized spacial score (nSPS) is 21.1. The van der Waals surface area contributed by atoms with Gasteiger partial charge in [-0.15, -0.1) is 10.2 Å². The monoisotopic (exact) mass is 441 g/mol. The molecule has 1 saturated carbocycles. The fourth-order valence-corrected chi connectivity index (χ4v) is 5.15. The maximum Gasteiger partial charge on any atom is 0.418 e. The molecule has 0 aliphatic heterocycles. The van der Waals surface area contributed by atoms with Crippen molar-refractivity contribution in [1.29, 1.82) is 0 Å². The van der Waals surface area contributed by atoms with E-state index in [1.807, 2.05) is 29.8 Å². The predicted octanol–water partition coefficient (Wildman–Crippen LogP) is 4.40. The molecule has 5 rings (SSSR count). The van der Waals surface area contributed by atoms with E-state index in [0.29, 0.717) is 11.5 Å². The van der Waals surface area contributed by atoms with Crippen molar-refractivity contribution in [3.05, 3.63) is 70.2 Å². The number of hydrogen-bond donors (Lipinski definition) is 1. The molecule has 166 valence electrons. The van der Waals surface area contributed by atoms with Crippen LogP contribution >= 0.6 is 0 Å². The van der Waals surface area contributed by atoms with Crippen LogP contribution in [0.25, 0.3) is 22.2 Å². The maximum atomic E-state index is 13.6. The molecule has 1 N–H and O–H groups in total. The Kier molecular flexibility index (Phi) is 4.38. The third-order valence-corrected chi connectivity index (χ3v) is 6.55. The number of aryl methyl sites for hydroxylation is 2. The third kappa shape index (κ3) is 2.98. The van der Waals surface area contributed by atoms with Gasteiger partial charge in [-0.3, -0.25) is 4.79 Å². The number of H-pyrrole nitrogens is 1. The van der Waals surface area contributed by atoms with E-state index in [1.165, 1.54) is 17.7 Å². The first-order chi connectivity index (χ1) is 15.1. The lowest BCUT2D eigenvalue weighted by Crippen LogP contribution is -2.43. The molecule has 9 heteroatoms. The summed E-state index contributed by atoms with van der Waals surface area (Å²) in [6.45, 7) is 2.17. The zero-order chi connectivity index (χ0) is 22.8. The van der Waals surface area contributed by atoms with Crippen LogP contribution in [-0.4, -0.2) is 24.3 Å². The SMILES string of the molecule is CC1CC(c2cccc(-c3cc4c(C(F)(F)F)cn(C)c4[nH]c3=O)c2)(c2nncn2C)C1. The molecule has 1 aliphatic carbocycles. The second-order valence-electron chi connectivity index (χ2n) is 8.87. The molecule has 3 aromatic heterocycles. The highest BCUT2D eigenvalue weighted by Crippen LogP contribution is 2.51. The first kappa shape index (κ1) is 20.5. The van der Waals surface area contributed by atoms with Crippen LogP contribution in [0.15, 0.2) is 47.7 Å². The van der Waals surface area contributed by atoms with Gasteiger partial charge in [-0.2, -0.15) is 13.2 Å². The van der Waals surface area contributed by atoms with Crippen LogP contribution < -0.4 is 5.56 Å². The summed E-state index contributed by atoms with van der Waals surface area (Å²) in [5.41, 5.74) is 0.367. The molecule has 0 amide bonds. The van der Waals surface area contributed by atoms with Crippen LogP contribution in [0.5, 0.6) is 0 Å². The molecule has 4 aromatic rings. The summed E-state index contributed by atoms with van der Waals surface area (Å²) in [6.07, 6.45) is -0.0883. The number of fused-ring (bicyclic) bond motifs is 1. The summed E-state index contributed by atoms with van der Waals surface area (Å²) >= 11 is 0. The van der Waals surface area contributed by atoms with Crippen molar-refractivity contribution in [3.63, 3.8) is 0 Å². The first-order valence-corrected chi connectivity index (χ1v) is 10.3. The number of hydrogen-bond acceptors (Lipinski definition) is 3. The highest BCUT2D eigenvalue weighted by molar-refractivity contribution is 5.85. The van der Waals surface area contributed by atoms with E-state index in [-0.39, 0.29) is 22.0 Å². The number of nitrogens with zero attached hydrogens (tertiary/aromatic N) is 4. The zero-order valence-corrected chi connectivity index (χ0v) is 17.9. The van der Waals surface area contributed by atoms with Crippen molar-refractivity contribution in [2.75, 3.05) is 0 Å². The Morgan fingerprint density at radius 1 is 1.16 bits per heavy atom. The number of nitrogens with one attached hydrogen (secondary N) is 1. The van der Waals surface area contributed by atoms with E-state index >= 15 is 0 Å². The Labute approximate surface area is 181 Å². The lowest BCUT2D eigenvalue weighted by Gasteiger charge is -2.46. The van der Waals surface area contributed by atoms with Crippen molar-refractivity contribution in [3.8, 4) is 11.1 Å². The van der Waals surface area contributed by atoms with Crippen molar-refractivity contribution < 1.29 is 13.2 Å². The Bertz CT molecular complexity index is 1390. The highest BCUT2D eigenvalue weighted by Gasteiger charge is 2.48. The second-order valence-corrected chi connectivity index (χ2v) is 8.87. The number of aromatic nitrogens is 5. The topological polar surface area (TPSA) is 68.5 Å². The number of alkyl halides is 3. The second kappa shape index (κ2) is 6.82. The van der Waals surface area contributed by atoms with Crippen LogP contribution in [0.1, 0.15) is 36.7 Å². The number of halogens is 3. The summed E-state index contributed by atoms with van der Waals surface area (Å²) in [4.78, 5) is 15.5. The molecule has 0 spiro atoms. The van der Waals surface area contributed by atoms with Gasteiger partial charge in [0.1, 0.15) is 17.8 Å². The molecule has 1 aliphatic rings. The average Bonchev–Trinajstić information content (AvgIpc) is 3.28. The van der Waals surface area contributed by atoms with Crippen molar-refractivity contribution >= 4 is 11.0 Å². The van der Waals surface area contributed by atoms with E-state index in [4.69, 9.17) is 0 Å². The van der Waals surface area contributed by atoms with Gasteiger partial charge in [0.05, 0.1) is 11.0 Å². The molecular weight excluding hydrogens is 419 g/mol. The number of pyridine rings is 1. The number of aromatic amines is 1. The van der Waals surface area contributed by atoms with Gasteiger partial charge >= 0.3 is 6.18 Å². The predicted molar refractivity (Wildman–Crippen MR) is 114 cm³/mol. The van der Waals surface area contributed by atoms with Gasteiger partial charge in [0.25, 0.3) is 5.56 Å². The average molecular weight is 441 g/mol. The largest absolute Gasteiger partial charge is 0.418 e. The Balaban J connectivity index is 1.68. The Morgan fingerprint density at radius 2 is 1.91 bits per heavy atom. The fourth-order valence-electron chi connectivity index (χ4n) is 5.15. The van der Waals surface area contributed by atoms with Crippen LogP contribution in [0.2, 0.25) is 0 Å². The van der Waals surface area contributed by atoms with Crippen LogP contribution in [-0.2, 0) is 25.7 Å². The number of rotatable bonds is 3. The van der Waals surface area contributed by atoms with Crippen LogP contribution in [0.4, 0.5) is 13.2 Å². The smallest absolute Gasteiger partial charge is 0.336 e. The molecule has 6 nitrogen and oxygen atoms in total. The molecule has 3 heterocycles. The van der Waals surface area contributed by atoms with E-state index in [0.717, 1.165) is 30.4 Å². The molecular formula is C23H22F3N5O. The van der Waals surface area contributed by atoms with Crippen LogP contribution in [0, 0.1) is 5.92 Å². The first-order valence-electron chi connectivity index (χ1n) is 10.3. The Hall–Kier alpha value is -3.36. The van der Waals surface area contributed by atoms with Crippen molar-refractivity contribution in [1.82, 2.24) is 24.3 Å². The van der Waals surface area contributed by atoms with Crippen molar-refractivity contribution in [2.45, 2.75) is 31.4 Å². The standard InChI is InChI=1S/C23H22F3N5O/c1-13-9-22(10-13,21-29-27-12-31(21)3)15-6-4-5-14(7-15)16-8-17-18(23(24,25)26)11-30(2)19(17)28-20(16)32/h4-8,11-13H,9-10H2,1-3H3,(H,28,32). The minimum Gasteiger partial charge on any atom is -0.336 e. The highest BCUT2D eigenvalue weighted by atomic mass is 19.4. The van der Waals surface area contributed by atoms with Gasteiger partial charge < -0.3 is 14.1 Å². The summed E-state index contributed by atoms with van der Waals surface area (Å²) in [5.74, 6) is 1.35. The fraction of sp³-hybridized carbons (Fsp3) is 0.348. The summed E-state index contributed by atoms with van der Waals surface area (Å²) in [6, 6.07) is 8.82. The van der Waals surface area contributed by atoms with Gasteiger partial charge in [0.15, 0.2) is 0 Å². The van der Waals surface area contributed by atoms with Gasteiger partial charge in [0, 0.05) is 31.2 Å². The molecule has 0 atom stereocenters. The molecule has 0 radical (unpaired) electrons. The van der Waals surface area contributed by atoms with E-state index in [9.17, 15) is 18.0 Å². The van der Waals surface area contributed by atoms with Crippen LogP contribution in [0.3, 0.4) is 0 Å². The number of benzene rings is 1. The summed E-state index contributed by atoms with van der Waals surface area (Å²) in [5, 5.41) is 8.35. The quantitative estimate of drug-likeness (QED) is 0.513. The minimum atomic E-state index is -4.52. The minimum absolute atomic E-state index is 0.0275. The molecule has 0 bridgehead atoms. The van der Waals surface area contributed by atoms with Gasteiger partial charge in [-0.25, -0.2) is 0 Å². The van der Waals surface area contributed by atoms with Crippen molar-refractivity contribution in [2.24, 2.45) is 20.0 Å². The lowest BCUT2D eigenvalue weighted by atomic mass is 9.58. The van der Waals surface area contributed by atoms with Gasteiger partial charge in [0.2, 0.25) is 0 Å². The Morgan fingerprint density at radius 3 is 2.53 bits per heavy atom. The van der Waals surface area contributed by atoms with E-state index in [2.05, 4.69) is 22.1 Å². The third-order valence-electron chi connectivity index (χ3n) is 6.55. The lowest BCUT2D eigenvalue weighted by molar-refractivity contribution is -0.136. The van der Waals surface area contributed by atoms with Gasteiger partial charge in [-0.1, -0.05) is 25.1 Å². The zero-order valence-electron chi connectivity index (χ0n) is 17.9. The maximum absolute atomic E-state index is 13.6. The van der Waals surface area contributed by atoms with Gasteiger partial charge in [-0.05, 0) is 42.0 Å².